The van der Waals surface area contributed by atoms with Gasteiger partial charge in [0, 0.05) is 22.2 Å². The topological polar surface area (TPSA) is 33.5 Å². The monoisotopic (exact) mass is 349 g/mol. The van der Waals surface area contributed by atoms with Gasteiger partial charge >= 0.3 is 0 Å². The highest BCUT2D eigenvalue weighted by atomic mass is 35.5. The molecule has 1 aliphatic carbocycles. The summed E-state index contributed by atoms with van der Waals surface area (Å²) in [5.41, 5.74) is 0.730. The zero-order valence-corrected chi connectivity index (χ0v) is 14.2. The van der Waals surface area contributed by atoms with Crippen molar-refractivity contribution in [3.63, 3.8) is 0 Å². The third-order valence-electron chi connectivity index (χ3n) is 3.93. The molecular formula is C18H17Cl2NO2. The molecule has 3 rings (SSSR count). The summed E-state index contributed by atoms with van der Waals surface area (Å²) in [7, 11) is 0. The van der Waals surface area contributed by atoms with E-state index in [1.165, 1.54) is 0 Å². The quantitative estimate of drug-likeness (QED) is 0.681. The molecule has 5 heteroatoms. The number of halogens is 2. The van der Waals surface area contributed by atoms with Gasteiger partial charge in [-0.2, -0.15) is 0 Å². The summed E-state index contributed by atoms with van der Waals surface area (Å²) in [5, 5.41) is 1.15. The van der Waals surface area contributed by atoms with E-state index in [0.717, 1.165) is 24.2 Å². The Hall–Kier alpha value is -1.71. The van der Waals surface area contributed by atoms with Crippen LogP contribution in [0.3, 0.4) is 0 Å². The summed E-state index contributed by atoms with van der Waals surface area (Å²) < 4.78 is 5.45. The van der Waals surface area contributed by atoms with Crippen molar-refractivity contribution in [2.75, 3.05) is 0 Å². The number of rotatable bonds is 5. The molecule has 1 saturated carbocycles. The van der Waals surface area contributed by atoms with Crippen LogP contribution in [0.25, 0.3) is 6.08 Å². The molecule has 0 spiro atoms. The first-order valence-electron chi connectivity index (χ1n) is 7.55. The van der Waals surface area contributed by atoms with Gasteiger partial charge in [-0.25, -0.2) is 0 Å². The molecule has 23 heavy (non-hydrogen) atoms. The lowest BCUT2D eigenvalue weighted by molar-refractivity contribution is -0.129. The van der Waals surface area contributed by atoms with E-state index in [2.05, 4.69) is 0 Å². The number of amides is 1. The summed E-state index contributed by atoms with van der Waals surface area (Å²) >= 11 is 12.1. The molecule has 1 heterocycles. The third kappa shape index (κ3) is 3.80. The molecule has 3 nitrogen and oxygen atoms in total. The van der Waals surface area contributed by atoms with Gasteiger partial charge in [-0.1, -0.05) is 23.2 Å². The molecule has 1 amide bonds. The number of carbonyl (C=O) groups excluding carboxylic acids is 1. The third-order valence-corrected chi connectivity index (χ3v) is 4.51. The van der Waals surface area contributed by atoms with Crippen LogP contribution in [-0.4, -0.2) is 16.8 Å². The highest BCUT2D eigenvalue weighted by Gasteiger charge is 2.36. The number of carbonyl (C=O) groups is 1. The van der Waals surface area contributed by atoms with Crippen molar-refractivity contribution in [1.82, 2.24) is 4.90 Å². The van der Waals surface area contributed by atoms with Gasteiger partial charge in [0.1, 0.15) is 5.76 Å². The minimum atomic E-state index is -0.0931. The van der Waals surface area contributed by atoms with Gasteiger partial charge in [0.25, 0.3) is 0 Å². The molecule has 120 valence electrons. The number of nitrogens with zero attached hydrogens (tertiary/aromatic N) is 1. The smallest absolute Gasteiger partial charge is 0.247 e. The molecule has 2 aromatic rings. The summed E-state index contributed by atoms with van der Waals surface area (Å²) in [4.78, 5) is 14.5. The summed E-state index contributed by atoms with van der Waals surface area (Å²) in [5.74, 6) is 0.742. The summed E-state index contributed by atoms with van der Waals surface area (Å²) in [6, 6.07) is 9.10. The number of benzene rings is 1. The molecule has 0 saturated heterocycles. The van der Waals surface area contributed by atoms with Gasteiger partial charge in [0.05, 0.1) is 12.3 Å². The van der Waals surface area contributed by atoms with E-state index < -0.39 is 0 Å². The normalized spacial score (nSPS) is 15.8. The average Bonchev–Trinajstić information content (AvgIpc) is 3.20. The van der Waals surface area contributed by atoms with Crippen LogP contribution in [0.4, 0.5) is 0 Å². The van der Waals surface area contributed by atoms with E-state index in [1.807, 2.05) is 24.0 Å². The molecule has 1 aliphatic rings. The van der Waals surface area contributed by atoms with Crippen molar-refractivity contribution >= 4 is 35.2 Å². The standard InChI is InChI=1S/C18H17Cl2NO2/c1-12(17-3-2-10-23-17)21(15-6-7-15)18(22)9-4-13-11-14(19)5-8-16(13)20/h2-5,8-12,15H,6-7H2,1H3. The zero-order chi connectivity index (χ0) is 16.4. The fraction of sp³-hybridized carbons (Fsp3) is 0.278. The molecule has 0 bridgehead atoms. The minimum absolute atomic E-state index is 0.0487. The van der Waals surface area contributed by atoms with Gasteiger partial charge < -0.3 is 9.32 Å². The Balaban J connectivity index is 1.79. The minimum Gasteiger partial charge on any atom is -0.467 e. The Labute approximate surface area is 145 Å². The Morgan fingerprint density at radius 1 is 1.35 bits per heavy atom. The van der Waals surface area contributed by atoms with Crippen LogP contribution in [0, 0.1) is 0 Å². The Kier molecular flexibility index (Phi) is 4.79. The lowest BCUT2D eigenvalue weighted by Gasteiger charge is -2.26. The molecular weight excluding hydrogens is 333 g/mol. The van der Waals surface area contributed by atoms with E-state index in [-0.39, 0.29) is 18.0 Å². The maximum atomic E-state index is 12.7. The van der Waals surface area contributed by atoms with E-state index in [4.69, 9.17) is 27.6 Å². The van der Waals surface area contributed by atoms with E-state index in [9.17, 15) is 4.79 Å². The molecule has 0 aliphatic heterocycles. The molecule has 1 aromatic carbocycles. The molecule has 0 radical (unpaired) electrons. The van der Waals surface area contributed by atoms with Crippen molar-refractivity contribution in [2.45, 2.75) is 31.8 Å². The highest BCUT2D eigenvalue weighted by Crippen LogP contribution is 2.35. The summed E-state index contributed by atoms with van der Waals surface area (Å²) in [6.45, 7) is 1.98. The maximum absolute atomic E-state index is 12.7. The molecule has 1 fully saturated rings. The highest BCUT2D eigenvalue weighted by molar-refractivity contribution is 6.34. The van der Waals surface area contributed by atoms with Gasteiger partial charge in [-0.3, -0.25) is 4.79 Å². The van der Waals surface area contributed by atoms with Crippen molar-refractivity contribution < 1.29 is 9.21 Å². The fourth-order valence-corrected chi connectivity index (χ4v) is 2.96. The van der Waals surface area contributed by atoms with Crippen LogP contribution in [-0.2, 0) is 4.79 Å². The van der Waals surface area contributed by atoms with Crippen molar-refractivity contribution in [1.29, 1.82) is 0 Å². The SMILES string of the molecule is CC(c1ccco1)N(C(=O)C=Cc1cc(Cl)ccc1Cl)C1CC1. The second-order valence-electron chi connectivity index (χ2n) is 5.67. The average molecular weight is 350 g/mol. The molecule has 1 atom stereocenters. The van der Waals surface area contributed by atoms with Crippen LogP contribution in [0.1, 0.15) is 37.1 Å². The van der Waals surface area contributed by atoms with Gasteiger partial charge in [-0.15, -0.1) is 0 Å². The first-order chi connectivity index (χ1) is 11.1. The Bertz CT molecular complexity index is 721. The fourth-order valence-electron chi connectivity index (χ4n) is 2.60. The zero-order valence-electron chi connectivity index (χ0n) is 12.7. The van der Waals surface area contributed by atoms with E-state index in [0.29, 0.717) is 10.0 Å². The lowest BCUT2D eigenvalue weighted by Crippen LogP contribution is -2.34. The van der Waals surface area contributed by atoms with Gasteiger partial charge in [0.15, 0.2) is 0 Å². The van der Waals surface area contributed by atoms with Crippen molar-refractivity contribution in [3.05, 3.63) is 64.0 Å². The lowest BCUT2D eigenvalue weighted by atomic mass is 10.1. The molecule has 0 N–H and O–H groups in total. The number of hydrogen-bond acceptors (Lipinski definition) is 2. The van der Waals surface area contributed by atoms with Crippen LogP contribution < -0.4 is 0 Å². The first-order valence-corrected chi connectivity index (χ1v) is 8.30. The predicted octanol–water partition coefficient (Wildman–Crippen LogP) is 5.35. The second kappa shape index (κ2) is 6.81. The Morgan fingerprint density at radius 3 is 2.78 bits per heavy atom. The van der Waals surface area contributed by atoms with Crippen LogP contribution in [0.15, 0.2) is 47.1 Å². The Morgan fingerprint density at radius 2 is 2.13 bits per heavy atom. The van der Waals surface area contributed by atoms with Crippen LogP contribution in [0.2, 0.25) is 10.0 Å². The van der Waals surface area contributed by atoms with Gasteiger partial charge in [-0.05, 0) is 61.7 Å². The predicted molar refractivity (Wildman–Crippen MR) is 92.5 cm³/mol. The largest absolute Gasteiger partial charge is 0.467 e. The summed E-state index contributed by atoms with van der Waals surface area (Å²) in [6.07, 6.45) is 6.95. The molecule has 1 aromatic heterocycles. The second-order valence-corrected chi connectivity index (χ2v) is 6.51. The van der Waals surface area contributed by atoms with Crippen LogP contribution in [0.5, 0.6) is 0 Å². The number of hydrogen-bond donors (Lipinski definition) is 0. The maximum Gasteiger partial charge on any atom is 0.247 e. The van der Waals surface area contributed by atoms with E-state index in [1.54, 1.807) is 36.6 Å². The first kappa shape index (κ1) is 16.2. The number of furan rings is 1. The van der Waals surface area contributed by atoms with Crippen molar-refractivity contribution in [3.8, 4) is 0 Å². The van der Waals surface area contributed by atoms with E-state index >= 15 is 0 Å². The van der Waals surface area contributed by atoms with Gasteiger partial charge in [0.2, 0.25) is 5.91 Å². The van der Waals surface area contributed by atoms with Crippen molar-refractivity contribution in [2.24, 2.45) is 0 Å². The molecule has 1 unspecified atom stereocenters. The van der Waals surface area contributed by atoms with Crippen LogP contribution >= 0.6 is 23.2 Å².